The number of ether oxygens (including phenoxy) is 1. The first-order chi connectivity index (χ1) is 8.58. The number of carboxylic acids is 1. The molecule has 1 aromatic rings. The lowest BCUT2D eigenvalue weighted by molar-refractivity contribution is -0.138. The average molecular weight is 288 g/mol. The minimum atomic E-state index is -1.08. The quantitative estimate of drug-likeness (QED) is 0.889. The summed E-state index contributed by atoms with van der Waals surface area (Å²) in [6.07, 6.45) is 1.20. The first kappa shape index (κ1) is 13.5. The highest BCUT2D eigenvalue weighted by Gasteiger charge is 2.20. The van der Waals surface area contributed by atoms with Gasteiger partial charge in [0.25, 0.3) is 0 Å². The largest absolute Gasteiger partial charge is 0.488 e. The maximum atomic E-state index is 10.8. The van der Waals surface area contributed by atoms with Crippen molar-refractivity contribution in [1.29, 1.82) is 0 Å². The fourth-order valence-electron chi connectivity index (χ4n) is 1.73. The molecule has 4 nitrogen and oxygen atoms in total. The van der Waals surface area contributed by atoms with E-state index >= 15 is 0 Å². The summed E-state index contributed by atoms with van der Waals surface area (Å²) < 4.78 is 5.76. The molecular weight excluding hydrogens is 274 g/mol. The van der Waals surface area contributed by atoms with Gasteiger partial charge in [-0.15, -0.1) is 0 Å². The van der Waals surface area contributed by atoms with Crippen molar-refractivity contribution < 1.29 is 14.6 Å². The molecule has 0 radical (unpaired) electrons. The second-order valence-electron chi connectivity index (χ2n) is 4.11. The van der Waals surface area contributed by atoms with Gasteiger partial charge in [-0.2, -0.15) is 11.8 Å². The summed E-state index contributed by atoms with van der Waals surface area (Å²) >= 11 is 7.93. The molecule has 1 heterocycles. The zero-order valence-electron chi connectivity index (χ0n) is 9.64. The molecule has 2 unspecified atom stereocenters. The van der Waals surface area contributed by atoms with Crippen LogP contribution in [0.2, 0.25) is 5.02 Å². The van der Waals surface area contributed by atoms with Crippen LogP contribution in [0.1, 0.15) is 18.0 Å². The number of nitrogens with two attached hydrogens (primary N) is 1. The zero-order valence-corrected chi connectivity index (χ0v) is 11.2. The van der Waals surface area contributed by atoms with Gasteiger partial charge < -0.3 is 15.6 Å². The van der Waals surface area contributed by atoms with Crippen molar-refractivity contribution in [3.05, 3.63) is 28.8 Å². The van der Waals surface area contributed by atoms with E-state index in [9.17, 15) is 4.79 Å². The highest BCUT2D eigenvalue weighted by molar-refractivity contribution is 7.99. The molecule has 1 aromatic carbocycles. The molecule has 0 bridgehead atoms. The van der Waals surface area contributed by atoms with Crippen LogP contribution in [0.4, 0.5) is 0 Å². The van der Waals surface area contributed by atoms with Crippen LogP contribution < -0.4 is 10.5 Å². The molecule has 1 aliphatic rings. The number of halogens is 1. The van der Waals surface area contributed by atoms with E-state index in [1.54, 1.807) is 18.2 Å². The number of rotatable bonds is 4. The molecule has 1 aliphatic heterocycles. The molecule has 1 fully saturated rings. The van der Waals surface area contributed by atoms with Crippen molar-refractivity contribution in [3.63, 3.8) is 0 Å². The van der Waals surface area contributed by atoms with Gasteiger partial charge in [-0.1, -0.05) is 17.7 Å². The van der Waals surface area contributed by atoms with E-state index in [4.69, 9.17) is 27.2 Å². The normalized spacial score (nSPS) is 20.7. The summed E-state index contributed by atoms with van der Waals surface area (Å²) in [5, 5.41) is 9.23. The number of hydrogen-bond acceptors (Lipinski definition) is 4. The predicted molar refractivity (Wildman–Crippen MR) is 72.4 cm³/mol. The molecule has 2 rings (SSSR count). The van der Waals surface area contributed by atoms with Crippen molar-refractivity contribution in [2.24, 2.45) is 5.73 Å². The van der Waals surface area contributed by atoms with E-state index in [1.807, 2.05) is 11.8 Å². The zero-order chi connectivity index (χ0) is 13.1. The average Bonchev–Trinajstić information content (AvgIpc) is 2.83. The molecular formula is C12H14ClNO3S. The third kappa shape index (κ3) is 3.10. The molecule has 1 saturated heterocycles. The Balaban J connectivity index is 2.11. The van der Waals surface area contributed by atoms with Gasteiger partial charge in [-0.3, -0.25) is 4.79 Å². The minimum absolute atomic E-state index is 0.187. The van der Waals surface area contributed by atoms with Crippen LogP contribution in [-0.4, -0.2) is 28.7 Å². The van der Waals surface area contributed by atoms with E-state index in [0.717, 1.165) is 17.9 Å². The van der Waals surface area contributed by atoms with Crippen molar-refractivity contribution in [3.8, 4) is 5.75 Å². The summed E-state index contributed by atoms with van der Waals surface area (Å²) in [4.78, 5) is 10.8. The Morgan fingerprint density at radius 2 is 2.39 bits per heavy atom. The van der Waals surface area contributed by atoms with Crippen molar-refractivity contribution >= 4 is 29.3 Å². The van der Waals surface area contributed by atoms with E-state index in [2.05, 4.69) is 0 Å². The van der Waals surface area contributed by atoms with Gasteiger partial charge in [0.05, 0.1) is 5.02 Å². The summed E-state index contributed by atoms with van der Waals surface area (Å²) in [6.45, 7) is 0. The van der Waals surface area contributed by atoms with Crippen LogP contribution in [0.25, 0.3) is 0 Å². The lowest BCUT2D eigenvalue weighted by Crippen LogP contribution is -2.20. The molecule has 0 amide bonds. The lowest BCUT2D eigenvalue weighted by Gasteiger charge is -2.15. The number of benzene rings is 1. The van der Waals surface area contributed by atoms with Crippen LogP contribution in [0, 0.1) is 0 Å². The molecule has 98 valence electrons. The minimum Gasteiger partial charge on any atom is -0.488 e. The maximum absolute atomic E-state index is 10.8. The predicted octanol–water partition coefficient (Wildman–Crippen LogP) is 2.31. The van der Waals surface area contributed by atoms with Gasteiger partial charge >= 0.3 is 5.97 Å². The third-order valence-electron chi connectivity index (χ3n) is 2.76. The SMILES string of the molecule is NC(C(=O)O)c1ccc(OC2CCSC2)c(Cl)c1. The van der Waals surface area contributed by atoms with E-state index < -0.39 is 12.0 Å². The van der Waals surface area contributed by atoms with Crippen LogP contribution in [0.5, 0.6) is 5.75 Å². The third-order valence-corrected chi connectivity index (χ3v) is 4.19. The molecule has 0 aliphatic carbocycles. The fourth-order valence-corrected chi connectivity index (χ4v) is 3.06. The summed E-state index contributed by atoms with van der Waals surface area (Å²) in [5.74, 6) is 1.58. The summed E-state index contributed by atoms with van der Waals surface area (Å²) in [5.41, 5.74) is 5.99. The van der Waals surface area contributed by atoms with Gasteiger partial charge in [0, 0.05) is 5.75 Å². The molecule has 0 saturated carbocycles. The molecule has 2 atom stereocenters. The standard InChI is InChI=1S/C12H14ClNO3S/c13-9-5-7(11(14)12(15)16)1-2-10(9)17-8-3-4-18-6-8/h1-2,5,8,11H,3-4,6,14H2,(H,15,16). The first-order valence-corrected chi connectivity index (χ1v) is 7.13. The molecule has 0 spiro atoms. The Morgan fingerprint density at radius 1 is 1.61 bits per heavy atom. The molecule has 3 N–H and O–H groups in total. The van der Waals surface area contributed by atoms with E-state index in [1.165, 1.54) is 0 Å². The topological polar surface area (TPSA) is 72.6 Å². The fraction of sp³-hybridized carbons (Fsp3) is 0.417. The Morgan fingerprint density at radius 3 is 2.94 bits per heavy atom. The van der Waals surface area contributed by atoms with Crippen LogP contribution in [0.3, 0.4) is 0 Å². The smallest absolute Gasteiger partial charge is 0.325 e. The van der Waals surface area contributed by atoms with E-state index in [0.29, 0.717) is 16.3 Å². The van der Waals surface area contributed by atoms with E-state index in [-0.39, 0.29) is 6.10 Å². The van der Waals surface area contributed by atoms with Gasteiger partial charge in [-0.05, 0) is 29.9 Å². The lowest BCUT2D eigenvalue weighted by atomic mass is 10.1. The highest BCUT2D eigenvalue weighted by Crippen LogP contribution is 2.31. The second kappa shape index (κ2) is 5.82. The summed E-state index contributed by atoms with van der Waals surface area (Å²) in [7, 11) is 0. The Kier molecular flexibility index (Phi) is 4.37. The van der Waals surface area contributed by atoms with Crippen LogP contribution in [0.15, 0.2) is 18.2 Å². The maximum Gasteiger partial charge on any atom is 0.325 e. The summed E-state index contributed by atoms with van der Waals surface area (Å²) in [6, 6.07) is 3.82. The molecule has 0 aromatic heterocycles. The van der Waals surface area contributed by atoms with Crippen LogP contribution in [-0.2, 0) is 4.79 Å². The number of hydrogen-bond donors (Lipinski definition) is 2. The highest BCUT2D eigenvalue weighted by atomic mass is 35.5. The van der Waals surface area contributed by atoms with Crippen molar-refractivity contribution in [1.82, 2.24) is 0 Å². The first-order valence-electron chi connectivity index (χ1n) is 5.60. The Hall–Kier alpha value is -0.910. The second-order valence-corrected chi connectivity index (χ2v) is 5.67. The van der Waals surface area contributed by atoms with Gasteiger partial charge in [0.15, 0.2) is 0 Å². The van der Waals surface area contributed by atoms with Crippen molar-refractivity contribution in [2.75, 3.05) is 11.5 Å². The number of carboxylic acid groups (broad SMARTS) is 1. The Labute approximate surface area is 114 Å². The molecule has 6 heteroatoms. The van der Waals surface area contributed by atoms with Gasteiger partial charge in [-0.25, -0.2) is 0 Å². The van der Waals surface area contributed by atoms with Crippen molar-refractivity contribution in [2.45, 2.75) is 18.6 Å². The number of thioether (sulfide) groups is 1. The molecule has 18 heavy (non-hydrogen) atoms. The number of aliphatic carboxylic acids is 1. The monoisotopic (exact) mass is 287 g/mol. The van der Waals surface area contributed by atoms with Crippen LogP contribution >= 0.6 is 23.4 Å². The number of carbonyl (C=O) groups is 1. The Bertz CT molecular complexity index is 449. The van der Waals surface area contributed by atoms with Gasteiger partial charge in [0.1, 0.15) is 17.9 Å². The van der Waals surface area contributed by atoms with Gasteiger partial charge in [0.2, 0.25) is 0 Å².